The van der Waals surface area contributed by atoms with Gasteiger partial charge in [-0.15, -0.1) is 0 Å². The van der Waals surface area contributed by atoms with Gasteiger partial charge in [0.15, 0.2) is 0 Å². The lowest BCUT2D eigenvalue weighted by Gasteiger charge is -2.37. The second kappa shape index (κ2) is 7.81. The molecule has 3 rings (SSSR count). The molecule has 0 spiro atoms. The minimum Gasteiger partial charge on any atom is -0.337 e. The first-order chi connectivity index (χ1) is 13.2. The van der Waals surface area contributed by atoms with Crippen molar-refractivity contribution in [3.63, 3.8) is 0 Å². The molecule has 6 nitrogen and oxygen atoms in total. The molecule has 9 heteroatoms. The van der Waals surface area contributed by atoms with Crippen LogP contribution in [-0.2, 0) is 9.59 Å². The number of halogens is 3. The van der Waals surface area contributed by atoms with E-state index in [-0.39, 0.29) is 32.0 Å². The van der Waals surface area contributed by atoms with Crippen LogP contribution in [0.4, 0.5) is 13.2 Å². The van der Waals surface area contributed by atoms with E-state index in [1.807, 2.05) is 13.0 Å². The van der Waals surface area contributed by atoms with Crippen LogP contribution in [-0.4, -0.2) is 77.4 Å². The maximum absolute atomic E-state index is 12.7. The van der Waals surface area contributed by atoms with Gasteiger partial charge in [-0.05, 0) is 31.9 Å². The van der Waals surface area contributed by atoms with Crippen molar-refractivity contribution in [2.24, 2.45) is 0 Å². The van der Waals surface area contributed by atoms with Crippen LogP contribution in [0.3, 0.4) is 0 Å². The standard InChI is InChI=1S/C19H22F3N3O3/c1-13-4-2-5-14(12-13)16(26)23-8-10-24(11-9-23)17(27)15-6-3-7-25(15)18(28)19(20,21)22/h2,4-5,12,15H,3,6-11H2,1H3. The molecule has 1 aromatic carbocycles. The first-order valence-corrected chi connectivity index (χ1v) is 9.21. The quantitative estimate of drug-likeness (QED) is 0.765. The lowest BCUT2D eigenvalue weighted by atomic mass is 10.1. The Kier molecular flexibility index (Phi) is 5.62. The SMILES string of the molecule is Cc1cccc(C(=O)N2CCN(C(=O)C3CCCN3C(=O)C(F)(F)F)CC2)c1. The Balaban J connectivity index is 1.60. The highest BCUT2D eigenvalue weighted by atomic mass is 19.4. The number of carbonyl (C=O) groups excluding carboxylic acids is 3. The Bertz CT molecular complexity index is 773. The van der Waals surface area contributed by atoms with Crippen LogP contribution >= 0.6 is 0 Å². The fourth-order valence-electron chi connectivity index (χ4n) is 3.73. The summed E-state index contributed by atoms with van der Waals surface area (Å²) in [6, 6.07) is 6.14. The number of piperazine rings is 1. The number of benzene rings is 1. The molecule has 2 heterocycles. The summed E-state index contributed by atoms with van der Waals surface area (Å²) in [7, 11) is 0. The van der Waals surface area contributed by atoms with Gasteiger partial charge in [0, 0.05) is 38.3 Å². The molecule has 0 radical (unpaired) electrons. The molecule has 2 aliphatic heterocycles. The normalized spacial score (nSPS) is 20.4. The second-order valence-corrected chi connectivity index (χ2v) is 7.14. The topological polar surface area (TPSA) is 60.9 Å². The van der Waals surface area contributed by atoms with Gasteiger partial charge in [0.05, 0.1) is 0 Å². The van der Waals surface area contributed by atoms with Crippen molar-refractivity contribution < 1.29 is 27.6 Å². The minimum absolute atomic E-state index is 0.0689. The highest BCUT2D eigenvalue weighted by molar-refractivity contribution is 5.95. The number of amides is 3. The summed E-state index contributed by atoms with van der Waals surface area (Å²) in [4.78, 5) is 40.6. The molecular weight excluding hydrogens is 375 g/mol. The van der Waals surface area contributed by atoms with E-state index in [2.05, 4.69) is 0 Å². The summed E-state index contributed by atoms with van der Waals surface area (Å²) in [5.74, 6) is -2.57. The number of hydrogen-bond donors (Lipinski definition) is 0. The maximum Gasteiger partial charge on any atom is 0.471 e. The van der Waals surface area contributed by atoms with Gasteiger partial charge < -0.3 is 14.7 Å². The van der Waals surface area contributed by atoms with Crippen molar-refractivity contribution in [2.75, 3.05) is 32.7 Å². The van der Waals surface area contributed by atoms with Gasteiger partial charge in [-0.3, -0.25) is 14.4 Å². The van der Waals surface area contributed by atoms with E-state index in [0.29, 0.717) is 30.0 Å². The van der Waals surface area contributed by atoms with Crippen LogP contribution in [0.25, 0.3) is 0 Å². The van der Waals surface area contributed by atoms with Gasteiger partial charge in [0.25, 0.3) is 5.91 Å². The van der Waals surface area contributed by atoms with Crippen LogP contribution in [0.15, 0.2) is 24.3 Å². The van der Waals surface area contributed by atoms with E-state index < -0.39 is 24.0 Å². The second-order valence-electron chi connectivity index (χ2n) is 7.14. The van der Waals surface area contributed by atoms with Crippen LogP contribution in [0.5, 0.6) is 0 Å². The molecule has 1 unspecified atom stereocenters. The third-order valence-corrected chi connectivity index (χ3v) is 5.18. The van der Waals surface area contributed by atoms with E-state index in [4.69, 9.17) is 0 Å². The molecule has 2 aliphatic rings. The van der Waals surface area contributed by atoms with Gasteiger partial charge in [-0.25, -0.2) is 0 Å². The maximum atomic E-state index is 12.7. The number of alkyl halides is 3. The van der Waals surface area contributed by atoms with Gasteiger partial charge in [0.1, 0.15) is 6.04 Å². The molecule has 0 saturated carbocycles. The smallest absolute Gasteiger partial charge is 0.337 e. The number of likely N-dealkylation sites (tertiary alicyclic amines) is 1. The summed E-state index contributed by atoms with van der Waals surface area (Å²) in [6.45, 7) is 2.91. The third kappa shape index (κ3) is 4.13. The predicted octanol–water partition coefficient (Wildman–Crippen LogP) is 1.83. The molecule has 3 amide bonds. The molecule has 0 aromatic heterocycles. The number of rotatable bonds is 2. The van der Waals surface area contributed by atoms with E-state index in [1.165, 1.54) is 4.90 Å². The molecule has 2 fully saturated rings. The van der Waals surface area contributed by atoms with Crippen LogP contribution in [0.1, 0.15) is 28.8 Å². The van der Waals surface area contributed by atoms with Gasteiger partial charge in [-0.2, -0.15) is 13.2 Å². The largest absolute Gasteiger partial charge is 0.471 e. The van der Waals surface area contributed by atoms with E-state index in [1.54, 1.807) is 23.1 Å². The minimum atomic E-state index is -4.98. The molecule has 0 N–H and O–H groups in total. The van der Waals surface area contributed by atoms with Gasteiger partial charge in [-0.1, -0.05) is 17.7 Å². The van der Waals surface area contributed by atoms with Crippen LogP contribution in [0, 0.1) is 6.92 Å². The first-order valence-electron chi connectivity index (χ1n) is 9.21. The summed E-state index contributed by atoms with van der Waals surface area (Å²) in [6.07, 6.45) is -4.39. The van der Waals surface area contributed by atoms with E-state index in [9.17, 15) is 27.6 Å². The Labute approximate surface area is 160 Å². The van der Waals surface area contributed by atoms with Crippen molar-refractivity contribution in [2.45, 2.75) is 32.0 Å². The zero-order chi connectivity index (χ0) is 20.5. The van der Waals surface area contributed by atoms with Crippen molar-refractivity contribution in [3.05, 3.63) is 35.4 Å². The molecule has 2 saturated heterocycles. The van der Waals surface area contributed by atoms with Gasteiger partial charge >= 0.3 is 12.1 Å². The van der Waals surface area contributed by atoms with E-state index >= 15 is 0 Å². The molecule has 152 valence electrons. The summed E-state index contributed by atoms with van der Waals surface area (Å²) in [5.41, 5.74) is 1.54. The third-order valence-electron chi connectivity index (χ3n) is 5.18. The average Bonchev–Trinajstić information content (AvgIpc) is 3.15. The van der Waals surface area contributed by atoms with Crippen molar-refractivity contribution in [1.29, 1.82) is 0 Å². The fraction of sp³-hybridized carbons (Fsp3) is 0.526. The number of hydrogen-bond acceptors (Lipinski definition) is 3. The molecule has 0 bridgehead atoms. The van der Waals surface area contributed by atoms with E-state index in [0.717, 1.165) is 5.56 Å². The van der Waals surface area contributed by atoms with Crippen LogP contribution in [0.2, 0.25) is 0 Å². The molecule has 28 heavy (non-hydrogen) atoms. The average molecular weight is 397 g/mol. The number of carbonyl (C=O) groups is 3. The summed E-state index contributed by atoms with van der Waals surface area (Å²) >= 11 is 0. The highest BCUT2D eigenvalue weighted by Crippen LogP contribution is 2.27. The number of aryl methyl sites for hydroxylation is 1. The molecule has 1 atom stereocenters. The Morgan fingerprint density at radius 2 is 1.64 bits per heavy atom. The number of nitrogens with zero attached hydrogens (tertiary/aromatic N) is 3. The fourth-order valence-corrected chi connectivity index (χ4v) is 3.73. The molecule has 0 aliphatic carbocycles. The highest BCUT2D eigenvalue weighted by Gasteiger charge is 2.48. The lowest BCUT2D eigenvalue weighted by Crippen LogP contribution is -2.56. The predicted molar refractivity (Wildman–Crippen MR) is 94.5 cm³/mol. The summed E-state index contributed by atoms with van der Waals surface area (Å²) < 4.78 is 38.2. The Morgan fingerprint density at radius 1 is 1.00 bits per heavy atom. The van der Waals surface area contributed by atoms with Crippen molar-refractivity contribution >= 4 is 17.7 Å². The molecule has 1 aromatic rings. The van der Waals surface area contributed by atoms with Crippen LogP contribution < -0.4 is 0 Å². The van der Waals surface area contributed by atoms with Crippen molar-refractivity contribution in [3.8, 4) is 0 Å². The molecular formula is C19H22F3N3O3. The monoisotopic (exact) mass is 397 g/mol. The lowest BCUT2D eigenvalue weighted by molar-refractivity contribution is -0.187. The van der Waals surface area contributed by atoms with Crippen molar-refractivity contribution in [1.82, 2.24) is 14.7 Å². The Hall–Kier alpha value is -2.58. The zero-order valence-corrected chi connectivity index (χ0v) is 15.5. The van der Waals surface area contributed by atoms with Gasteiger partial charge in [0.2, 0.25) is 5.91 Å². The Morgan fingerprint density at radius 3 is 2.25 bits per heavy atom. The summed E-state index contributed by atoms with van der Waals surface area (Å²) in [5, 5.41) is 0. The first kappa shape index (κ1) is 20.2. The zero-order valence-electron chi connectivity index (χ0n) is 15.5.